The Kier molecular flexibility index (Phi) is 10.5. The average molecular weight is 942 g/mol. The highest BCUT2D eigenvalue weighted by atomic mass is 15.0. The number of para-hydroxylation sites is 4. The van der Waals surface area contributed by atoms with E-state index >= 15 is 0 Å². The van der Waals surface area contributed by atoms with Gasteiger partial charge in [-0.3, -0.25) is 0 Å². The van der Waals surface area contributed by atoms with Gasteiger partial charge in [-0.15, -0.1) is 0 Å². The molecule has 3 nitrogen and oxygen atoms in total. The van der Waals surface area contributed by atoms with Gasteiger partial charge in [0.05, 0.1) is 33.5 Å². The van der Waals surface area contributed by atoms with Crippen LogP contribution in [0.1, 0.15) is 0 Å². The van der Waals surface area contributed by atoms with Crippen LogP contribution >= 0.6 is 0 Å². The molecule has 0 N–H and O–H groups in total. The Bertz CT molecular complexity index is 4100. The summed E-state index contributed by atoms with van der Waals surface area (Å²) in [4.78, 5) is 5.52. The molecule has 0 amide bonds. The first kappa shape index (κ1) is 43.0. The van der Waals surface area contributed by atoms with Crippen LogP contribution in [0.2, 0.25) is 0 Å². The molecule has 0 fully saturated rings. The monoisotopic (exact) mass is 941 g/mol. The predicted molar refractivity (Wildman–Crippen MR) is 311 cm³/mol. The van der Waals surface area contributed by atoms with Crippen LogP contribution in [0.4, 0.5) is 0 Å². The van der Waals surface area contributed by atoms with Crippen molar-refractivity contribution in [2.45, 2.75) is 0 Å². The fourth-order valence-corrected chi connectivity index (χ4v) is 11.1. The smallest absolute Gasteiger partial charge is 0.0715 e. The van der Waals surface area contributed by atoms with Crippen molar-refractivity contribution in [2.75, 3.05) is 0 Å². The fraction of sp³-hybridized carbons (Fsp3) is 0. The Hall–Kier alpha value is -9.83. The normalized spacial score (nSPS) is 11.5. The first-order valence-electron chi connectivity index (χ1n) is 25.3. The lowest BCUT2D eigenvalue weighted by Gasteiger charge is -2.14. The van der Waals surface area contributed by atoms with E-state index in [0.717, 1.165) is 67.3 Å². The maximum Gasteiger partial charge on any atom is 0.0715 e. The van der Waals surface area contributed by atoms with Crippen LogP contribution < -0.4 is 0 Å². The maximum absolute atomic E-state index is 5.52. The molecule has 74 heavy (non-hydrogen) atoms. The number of aromatic nitrogens is 3. The van der Waals surface area contributed by atoms with E-state index in [4.69, 9.17) is 4.98 Å². The van der Waals surface area contributed by atoms with Gasteiger partial charge >= 0.3 is 0 Å². The Balaban J connectivity index is 0.866. The summed E-state index contributed by atoms with van der Waals surface area (Å²) < 4.78 is 4.77. The lowest BCUT2D eigenvalue weighted by Crippen LogP contribution is -1.95. The second-order valence-corrected chi connectivity index (χ2v) is 19.2. The van der Waals surface area contributed by atoms with Crippen molar-refractivity contribution in [1.82, 2.24) is 14.1 Å². The number of hydrogen-bond donors (Lipinski definition) is 0. The lowest BCUT2D eigenvalue weighted by atomic mass is 9.95. The van der Waals surface area contributed by atoms with Crippen molar-refractivity contribution in [3.05, 3.63) is 285 Å². The van der Waals surface area contributed by atoms with Crippen molar-refractivity contribution < 1.29 is 0 Å². The minimum absolute atomic E-state index is 0.913. The van der Waals surface area contributed by atoms with Crippen molar-refractivity contribution in [1.29, 1.82) is 0 Å². The van der Waals surface area contributed by atoms with Gasteiger partial charge < -0.3 is 9.13 Å². The zero-order valence-electron chi connectivity index (χ0n) is 40.5. The largest absolute Gasteiger partial charge is 0.309 e. The van der Waals surface area contributed by atoms with Crippen molar-refractivity contribution in [3.8, 4) is 89.5 Å². The zero-order valence-corrected chi connectivity index (χ0v) is 40.5. The van der Waals surface area contributed by atoms with E-state index in [2.05, 4.69) is 294 Å². The molecule has 0 bridgehead atoms. The summed E-state index contributed by atoms with van der Waals surface area (Å²) in [6.45, 7) is 0. The number of nitrogens with zero attached hydrogens (tertiary/aromatic N) is 3. The van der Waals surface area contributed by atoms with Gasteiger partial charge in [-0.2, -0.15) is 0 Å². The summed E-state index contributed by atoms with van der Waals surface area (Å²) >= 11 is 0. The van der Waals surface area contributed by atoms with Crippen molar-refractivity contribution >= 4 is 43.6 Å². The third kappa shape index (κ3) is 7.67. The van der Waals surface area contributed by atoms with E-state index in [1.54, 1.807) is 0 Å². The van der Waals surface area contributed by atoms with E-state index in [-0.39, 0.29) is 0 Å². The molecule has 0 saturated heterocycles. The first-order valence-corrected chi connectivity index (χ1v) is 25.3. The second-order valence-electron chi connectivity index (χ2n) is 19.2. The number of hydrogen-bond acceptors (Lipinski definition) is 1. The summed E-state index contributed by atoms with van der Waals surface area (Å²) in [5.41, 5.74) is 22.5. The zero-order chi connectivity index (χ0) is 49.0. The minimum Gasteiger partial charge on any atom is -0.309 e. The SMILES string of the molecule is c1ccc(-c2cccc(-c3ccc(-c4cc(-c5cccc(-c6cccc(-n7c8ccccc8c8ccccc87)c6)c5)nc(-c5cccc(-c6cccc(-n7c8ccccc8c8ccccc87)c6)c5)c4)cc3)c2)cc1. The Labute approximate surface area is 430 Å². The Morgan fingerprint density at radius 3 is 0.892 bits per heavy atom. The van der Waals surface area contributed by atoms with Gasteiger partial charge in [0.25, 0.3) is 0 Å². The van der Waals surface area contributed by atoms with Gasteiger partial charge in [0.15, 0.2) is 0 Å². The standard InChI is InChI=1S/C71H47N3/c1-2-17-48(18-3-1)51-19-12-20-52(41-51)49-37-39-50(40-38-49)59-46-66(57-25-13-21-53(42-57)55-23-15-27-60(44-55)73-68-33-8-4-29-62(68)63-30-5-9-34-69(63)73)72-67(47-59)58-26-14-22-54(43-58)56-24-16-28-61(45-56)74-70-35-10-6-31-64(70)65-32-7-11-36-71(65)74/h1-47H. The van der Waals surface area contributed by atoms with E-state index < -0.39 is 0 Å². The van der Waals surface area contributed by atoms with Gasteiger partial charge in [-0.05, 0) is 134 Å². The number of fused-ring (bicyclic) bond motifs is 6. The third-order valence-electron chi connectivity index (χ3n) is 14.7. The fourth-order valence-electron chi connectivity index (χ4n) is 11.1. The van der Waals surface area contributed by atoms with Gasteiger partial charge in [-0.25, -0.2) is 4.98 Å². The van der Waals surface area contributed by atoms with E-state index in [1.165, 1.54) is 65.9 Å². The summed E-state index contributed by atoms with van der Waals surface area (Å²) in [5, 5.41) is 5.01. The molecule has 0 spiro atoms. The van der Waals surface area contributed by atoms with Crippen molar-refractivity contribution in [3.63, 3.8) is 0 Å². The molecule has 0 aliphatic heterocycles. The quantitative estimate of drug-likeness (QED) is 0.141. The van der Waals surface area contributed by atoms with Crippen LogP contribution in [0.15, 0.2) is 285 Å². The van der Waals surface area contributed by atoms with Crippen LogP contribution in [-0.4, -0.2) is 14.1 Å². The second kappa shape index (κ2) is 18.1. The summed E-state index contributed by atoms with van der Waals surface area (Å²) in [6.07, 6.45) is 0. The molecule has 0 aliphatic rings. The Morgan fingerprint density at radius 2 is 0.473 bits per heavy atom. The van der Waals surface area contributed by atoms with E-state index in [1.807, 2.05) is 0 Å². The third-order valence-corrected chi connectivity index (χ3v) is 14.7. The molecule has 14 aromatic rings. The maximum atomic E-state index is 5.52. The highest BCUT2D eigenvalue weighted by molar-refractivity contribution is 6.10. The summed E-state index contributed by atoms with van der Waals surface area (Å²) in [5.74, 6) is 0. The highest BCUT2D eigenvalue weighted by Gasteiger charge is 2.16. The van der Waals surface area contributed by atoms with Gasteiger partial charge in [-0.1, -0.05) is 206 Å². The van der Waals surface area contributed by atoms with Crippen LogP contribution in [0, 0.1) is 0 Å². The molecule has 0 saturated carbocycles. The highest BCUT2D eigenvalue weighted by Crippen LogP contribution is 2.38. The minimum atomic E-state index is 0.913. The molecule has 11 aromatic carbocycles. The lowest BCUT2D eigenvalue weighted by molar-refractivity contribution is 1.18. The van der Waals surface area contributed by atoms with Gasteiger partial charge in [0.2, 0.25) is 0 Å². The van der Waals surface area contributed by atoms with Crippen LogP contribution in [0.25, 0.3) is 133 Å². The molecule has 14 rings (SSSR count). The molecule has 0 radical (unpaired) electrons. The van der Waals surface area contributed by atoms with Gasteiger partial charge in [0.1, 0.15) is 0 Å². The predicted octanol–water partition coefficient (Wildman–Crippen LogP) is 18.9. The van der Waals surface area contributed by atoms with E-state index in [0.29, 0.717) is 0 Å². The molecule has 3 aromatic heterocycles. The molecule has 0 unspecified atom stereocenters. The van der Waals surface area contributed by atoms with Gasteiger partial charge in [0, 0.05) is 44.0 Å². The number of pyridine rings is 1. The van der Waals surface area contributed by atoms with Crippen LogP contribution in [-0.2, 0) is 0 Å². The average Bonchev–Trinajstić information content (AvgIpc) is 4.02. The molecule has 346 valence electrons. The number of benzene rings is 11. The number of rotatable bonds is 9. The van der Waals surface area contributed by atoms with Crippen LogP contribution in [0.5, 0.6) is 0 Å². The molecular formula is C71H47N3. The summed E-state index contributed by atoms with van der Waals surface area (Å²) in [6, 6.07) is 103. The molecule has 3 heteroatoms. The van der Waals surface area contributed by atoms with Crippen molar-refractivity contribution in [2.24, 2.45) is 0 Å². The van der Waals surface area contributed by atoms with E-state index in [9.17, 15) is 0 Å². The summed E-state index contributed by atoms with van der Waals surface area (Å²) in [7, 11) is 0. The topological polar surface area (TPSA) is 22.8 Å². The van der Waals surface area contributed by atoms with Crippen LogP contribution in [0.3, 0.4) is 0 Å². The molecule has 3 heterocycles. The molecular weight excluding hydrogens is 895 g/mol. The molecule has 0 atom stereocenters. The molecule has 0 aliphatic carbocycles. The first-order chi connectivity index (χ1) is 36.7. The Morgan fingerprint density at radius 1 is 0.189 bits per heavy atom.